The van der Waals surface area contributed by atoms with Crippen molar-refractivity contribution in [2.75, 3.05) is 0 Å². The first-order valence-electron chi connectivity index (χ1n) is 7.67. The third-order valence-electron chi connectivity index (χ3n) is 4.31. The molecule has 1 heterocycles. The standard InChI is InChI=1S/C18H23NO3/c1-6-18(7-2,22-14(5)21)16-8-9-17-15(11-16)10-12(3)19(17)13(4)20/h8-11H,6-7H2,1-5H3. The molecule has 0 saturated heterocycles. The van der Waals surface area contributed by atoms with Crippen LogP contribution in [0.15, 0.2) is 24.3 Å². The van der Waals surface area contributed by atoms with Crippen molar-refractivity contribution in [1.82, 2.24) is 4.57 Å². The highest BCUT2D eigenvalue weighted by molar-refractivity contribution is 5.93. The topological polar surface area (TPSA) is 48.3 Å². The van der Waals surface area contributed by atoms with Gasteiger partial charge in [0, 0.05) is 24.9 Å². The van der Waals surface area contributed by atoms with Gasteiger partial charge >= 0.3 is 5.97 Å². The quantitative estimate of drug-likeness (QED) is 0.796. The molecule has 0 aliphatic rings. The van der Waals surface area contributed by atoms with Crippen molar-refractivity contribution in [2.45, 2.75) is 53.1 Å². The molecular weight excluding hydrogens is 278 g/mol. The van der Waals surface area contributed by atoms with E-state index in [0.29, 0.717) is 12.8 Å². The van der Waals surface area contributed by atoms with Crippen molar-refractivity contribution < 1.29 is 14.3 Å². The third kappa shape index (κ3) is 2.65. The summed E-state index contributed by atoms with van der Waals surface area (Å²) >= 11 is 0. The summed E-state index contributed by atoms with van der Waals surface area (Å²) in [5.74, 6) is -0.279. The van der Waals surface area contributed by atoms with Gasteiger partial charge in [0.15, 0.2) is 0 Å². The highest BCUT2D eigenvalue weighted by Crippen LogP contribution is 2.35. The first kappa shape index (κ1) is 16.3. The van der Waals surface area contributed by atoms with Gasteiger partial charge in [-0.15, -0.1) is 0 Å². The monoisotopic (exact) mass is 301 g/mol. The third-order valence-corrected chi connectivity index (χ3v) is 4.31. The Kier molecular flexibility index (Phi) is 4.40. The van der Waals surface area contributed by atoms with Crippen LogP contribution < -0.4 is 0 Å². The zero-order chi connectivity index (χ0) is 16.5. The number of carbonyl (C=O) groups excluding carboxylic acids is 2. The Balaban J connectivity index is 2.61. The molecule has 0 N–H and O–H groups in total. The van der Waals surface area contributed by atoms with Crippen LogP contribution >= 0.6 is 0 Å². The Morgan fingerprint density at radius 1 is 1.14 bits per heavy atom. The lowest BCUT2D eigenvalue weighted by molar-refractivity contribution is -0.159. The molecular formula is C18H23NO3. The lowest BCUT2D eigenvalue weighted by Gasteiger charge is -2.31. The SMILES string of the molecule is CCC(CC)(OC(C)=O)c1ccc2c(c1)cc(C)n2C(C)=O. The molecule has 1 aromatic carbocycles. The predicted molar refractivity (Wildman–Crippen MR) is 87.0 cm³/mol. The van der Waals surface area contributed by atoms with E-state index in [4.69, 9.17) is 4.74 Å². The van der Waals surface area contributed by atoms with Gasteiger partial charge < -0.3 is 4.74 Å². The Hall–Kier alpha value is -2.10. The van der Waals surface area contributed by atoms with Gasteiger partial charge in [0.25, 0.3) is 0 Å². The first-order chi connectivity index (χ1) is 10.3. The Morgan fingerprint density at radius 2 is 1.77 bits per heavy atom. The number of hydrogen-bond donors (Lipinski definition) is 0. The molecule has 22 heavy (non-hydrogen) atoms. The number of ether oxygens (including phenoxy) is 1. The largest absolute Gasteiger partial charge is 0.454 e. The fourth-order valence-corrected chi connectivity index (χ4v) is 3.19. The number of aromatic nitrogens is 1. The average molecular weight is 301 g/mol. The maximum atomic E-state index is 11.8. The number of esters is 1. The molecule has 0 aliphatic heterocycles. The van der Waals surface area contributed by atoms with E-state index in [1.165, 1.54) is 6.92 Å². The smallest absolute Gasteiger partial charge is 0.303 e. The van der Waals surface area contributed by atoms with Gasteiger partial charge in [0.2, 0.25) is 5.91 Å². The molecule has 4 nitrogen and oxygen atoms in total. The summed E-state index contributed by atoms with van der Waals surface area (Å²) in [6.07, 6.45) is 1.42. The van der Waals surface area contributed by atoms with E-state index in [2.05, 4.69) is 0 Å². The van der Waals surface area contributed by atoms with Gasteiger partial charge in [0.1, 0.15) is 5.60 Å². The number of aryl methyl sites for hydroxylation is 1. The second kappa shape index (κ2) is 5.95. The van der Waals surface area contributed by atoms with Crippen LogP contribution in [0, 0.1) is 6.92 Å². The van der Waals surface area contributed by atoms with Gasteiger partial charge in [-0.05, 0) is 43.5 Å². The Labute approximate surface area is 131 Å². The van der Waals surface area contributed by atoms with Gasteiger partial charge in [-0.3, -0.25) is 14.2 Å². The van der Waals surface area contributed by atoms with Crippen LogP contribution in [0.1, 0.15) is 56.6 Å². The molecule has 1 aromatic heterocycles. The van der Waals surface area contributed by atoms with E-state index in [0.717, 1.165) is 22.2 Å². The van der Waals surface area contributed by atoms with E-state index < -0.39 is 5.60 Å². The number of carbonyl (C=O) groups is 2. The van der Waals surface area contributed by atoms with E-state index in [9.17, 15) is 9.59 Å². The highest BCUT2D eigenvalue weighted by Gasteiger charge is 2.32. The van der Waals surface area contributed by atoms with Gasteiger partial charge in [-0.2, -0.15) is 0 Å². The molecule has 0 bridgehead atoms. The maximum absolute atomic E-state index is 11.8. The van der Waals surface area contributed by atoms with Gasteiger partial charge in [-0.25, -0.2) is 0 Å². The van der Waals surface area contributed by atoms with Crippen LogP contribution in [-0.4, -0.2) is 16.4 Å². The lowest BCUT2D eigenvalue weighted by Crippen LogP contribution is -2.30. The molecule has 0 radical (unpaired) electrons. The van der Waals surface area contributed by atoms with Crippen molar-refractivity contribution in [3.63, 3.8) is 0 Å². The minimum atomic E-state index is -0.605. The molecule has 0 fully saturated rings. The van der Waals surface area contributed by atoms with Crippen LogP contribution in [-0.2, 0) is 15.1 Å². The Bertz CT molecular complexity index is 723. The minimum Gasteiger partial charge on any atom is -0.454 e. The number of nitrogens with zero attached hydrogens (tertiary/aromatic N) is 1. The predicted octanol–water partition coefficient (Wildman–Crippen LogP) is 4.19. The number of hydrogen-bond acceptors (Lipinski definition) is 3. The van der Waals surface area contributed by atoms with Crippen molar-refractivity contribution in [3.05, 3.63) is 35.5 Å². The summed E-state index contributed by atoms with van der Waals surface area (Å²) in [4.78, 5) is 23.3. The van der Waals surface area contributed by atoms with Crippen molar-refractivity contribution in [2.24, 2.45) is 0 Å². The fourth-order valence-electron chi connectivity index (χ4n) is 3.19. The lowest BCUT2D eigenvalue weighted by atomic mass is 9.87. The van der Waals surface area contributed by atoms with Crippen LogP contribution in [0.5, 0.6) is 0 Å². The minimum absolute atomic E-state index is 0.00233. The zero-order valence-corrected chi connectivity index (χ0v) is 13.9. The van der Waals surface area contributed by atoms with Crippen LogP contribution in [0.3, 0.4) is 0 Å². The summed E-state index contributed by atoms with van der Waals surface area (Å²) in [7, 11) is 0. The molecule has 0 aliphatic carbocycles. The van der Waals surface area contributed by atoms with Crippen LogP contribution in [0.2, 0.25) is 0 Å². The first-order valence-corrected chi connectivity index (χ1v) is 7.67. The molecule has 2 aromatic rings. The summed E-state index contributed by atoms with van der Waals surface area (Å²) in [6, 6.07) is 7.90. The molecule has 0 saturated carbocycles. The van der Waals surface area contributed by atoms with E-state index >= 15 is 0 Å². The summed E-state index contributed by atoms with van der Waals surface area (Å²) in [6.45, 7) is 8.95. The summed E-state index contributed by atoms with van der Waals surface area (Å²) in [5, 5.41) is 0.989. The van der Waals surface area contributed by atoms with E-state index in [-0.39, 0.29) is 11.9 Å². The van der Waals surface area contributed by atoms with Crippen molar-refractivity contribution >= 4 is 22.8 Å². The highest BCUT2D eigenvalue weighted by atomic mass is 16.6. The molecule has 4 heteroatoms. The van der Waals surface area contributed by atoms with Crippen LogP contribution in [0.25, 0.3) is 10.9 Å². The number of rotatable bonds is 4. The molecule has 0 atom stereocenters. The second-order valence-corrected chi connectivity index (χ2v) is 5.71. The van der Waals surface area contributed by atoms with Gasteiger partial charge in [0.05, 0.1) is 5.52 Å². The van der Waals surface area contributed by atoms with E-state index in [1.54, 1.807) is 11.5 Å². The molecule has 0 unspecified atom stereocenters. The van der Waals surface area contributed by atoms with E-state index in [1.807, 2.05) is 45.0 Å². The molecule has 2 rings (SSSR count). The van der Waals surface area contributed by atoms with Crippen molar-refractivity contribution in [3.8, 4) is 0 Å². The average Bonchev–Trinajstić information content (AvgIpc) is 2.79. The van der Waals surface area contributed by atoms with Crippen LogP contribution in [0.4, 0.5) is 0 Å². The maximum Gasteiger partial charge on any atom is 0.303 e. The van der Waals surface area contributed by atoms with Gasteiger partial charge in [-0.1, -0.05) is 19.9 Å². The molecule has 118 valence electrons. The normalized spacial score (nSPS) is 11.7. The summed E-state index contributed by atoms with van der Waals surface area (Å²) in [5.41, 5.74) is 2.16. The van der Waals surface area contributed by atoms with Crippen molar-refractivity contribution in [1.29, 1.82) is 0 Å². The fraction of sp³-hybridized carbons (Fsp3) is 0.444. The Morgan fingerprint density at radius 3 is 2.27 bits per heavy atom. The molecule has 0 amide bonds. The zero-order valence-electron chi connectivity index (χ0n) is 13.9. The number of fused-ring (bicyclic) bond motifs is 1. The second-order valence-electron chi connectivity index (χ2n) is 5.71. The number of benzene rings is 1. The molecule has 0 spiro atoms. The summed E-state index contributed by atoms with van der Waals surface area (Å²) < 4.78 is 7.34.